The van der Waals surface area contributed by atoms with Crippen molar-refractivity contribution in [1.82, 2.24) is 9.78 Å². The summed E-state index contributed by atoms with van der Waals surface area (Å²) >= 11 is 3.39. The zero-order valence-corrected chi connectivity index (χ0v) is 14.9. The van der Waals surface area contributed by atoms with Crippen LogP contribution in [0.2, 0.25) is 0 Å². The van der Waals surface area contributed by atoms with E-state index >= 15 is 0 Å². The fourth-order valence-corrected chi connectivity index (χ4v) is 2.08. The molecule has 0 aromatic carbocycles. The van der Waals surface area contributed by atoms with Crippen molar-refractivity contribution >= 4 is 21.6 Å². The van der Waals surface area contributed by atoms with Crippen molar-refractivity contribution in [3.8, 4) is 0 Å². The number of hydrogen-bond acceptors (Lipinski definition) is 3. The highest BCUT2D eigenvalue weighted by atomic mass is 79.9. The molecule has 1 aromatic rings. The minimum absolute atomic E-state index is 0.0767. The maximum Gasteiger partial charge on any atom is 0.283 e. The molecule has 0 fully saturated rings. The fourth-order valence-electron chi connectivity index (χ4n) is 1.63. The number of nitrogens with one attached hydrogen (secondary N) is 1. The molecule has 1 heterocycles. The topological polar surface area (TPSA) is 46.9 Å². The SMILES string of the molecule is CC(C)Cn1ncc(NCC(C)C(C)(C)C)c(Br)c1=O. The van der Waals surface area contributed by atoms with Gasteiger partial charge < -0.3 is 5.32 Å². The Morgan fingerprint density at radius 2 is 1.95 bits per heavy atom. The van der Waals surface area contributed by atoms with Crippen LogP contribution in [0.5, 0.6) is 0 Å². The van der Waals surface area contributed by atoms with E-state index in [0.29, 0.717) is 22.9 Å². The Labute approximate surface area is 130 Å². The first-order chi connectivity index (χ1) is 9.12. The summed E-state index contributed by atoms with van der Waals surface area (Å²) in [5.41, 5.74) is 0.928. The molecular formula is C15H26BrN3O. The van der Waals surface area contributed by atoms with Gasteiger partial charge >= 0.3 is 0 Å². The fraction of sp³-hybridized carbons (Fsp3) is 0.733. The summed E-state index contributed by atoms with van der Waals surface area (Å²) in [6.07, 6.45) is 1.73. The first-order valence-electron chi connectivity index (χ1n) is 7.12. The van der Waals surface area contributed by atoms with Gasteiger partial charge in [0.15, 0.2) is 0 Å². The highest BCUT2D eigenvalue weighted by molar-refractivity contribution is 9.10. The van der Waals surface area contributed by atoms with Gasteiger partial charge in [-0.1, -0.05) is 41.5 Å². The quantitative estimate of drug-likeness (QED) is 0.885. The molecule has 5 heteroatoms. The van der Waals surface area contributed by atoms with E-state index in [1.54, 1.807) is 6.20 Å². The average Bonchev–Trinajstić information content (AvgIpc) is 2.32. The molecule has 1 rings (SSSR count). The van der Waals surface area contributed by atoms with Gasteiger partial charge in [-0.05, 0) is 33.2 Å². The van der Waals surface area contributed by atoms with Crippen LogP contribution in [0.25, 0.3) is 0 Å². The number of hydrogen-bond donors (Lipinski definition) is 1. The zero-order chi connectivity index (χ0) is 15.5. The summed E-state index contributed by atoms with van der Waals surface area (Å²) in [5.74, 6) is 0.888. The smallest absolute Gasteiger partial charge is 0.283 e. The standard InChI is InChI=1S/C15H26BrN3O/c1-10(2)9-19-14(20)13(16)12(8-18-19)17-7-11(3)15(4,5)6/h8,10-11,17H,7,9H2,1-6H3. The number of rotatable bonds is 5. The van der Waals surface area contributed by atoms with E-state index in [-0.39, 0.29) is 11.0 Å². The molecule has 4 nitrogen and oxygen atoms in total. The van der Waals surface area contributed by atoms with Gasteiger partial charge in [0.25, 0.3) is 5.56 Å². The van der Waals surface area contributed by atoms with Crippen LogP contribution in [0.1, 0.15) is 41.5 Å². The van der Waals surface area contributed by atoms with Gasteiger partial charge in [0.2, 0.25) is 0 Å². The maximum atomic E-state index is 12.2. The molecule has 20 heavy (non-hydrogen) atoms. The largest absolute Gasteiger partial charge is 0.382 e. The Bertz CT molecular complexity index is 503. The number of halogens is 1. The Morgan fingerprint density at radius 1 is 1.35 bits per heavy atom. The van der Waals surface area contributed by atoms with Gasteiger partial charge in [-0.2, -0.15) is 5.10 Å². The van der Waals surface area contributed by atoms with Crippen molar-refractivity contribution in [3.05, 3.63) is 21.0 Å². The van der Waals surface area contributed by atoms with E-state index in [4.69, 9.17) is 0 Å². The summed E-state index contributed by atoms with van der Waals surface area (Å²) in [4.78, 5) is 12.2. The molecule has 0 aliphatic carbocycles. The van der Waals surface area contributed by atoms with E-state index in [0.717, 1.165) is 12.2 Å². The number of nitrogens with zero attached hydrogens (tertiary/aromatic N) is 2. The first kappa shape index (κ1) is 17.2. The molecule has 1 aromatic heterocycles. The molecule has 0 aliphatic rings. The lowest BCUT2D eigenvalue weighted by atomic mass is 9.82. The predicted molar refractivity (Wildman–Crippen MR) is 88.1 cm³/mol. The third-order valence-corrected chi connectivity index (χ3v) is 4.37. The molecule has 0 saturated heterocycles. The molecule has 1 unspecified atom stereocenters. The molecular weight excluding hydrogens is 318 g/mol. The molecule has 0 bridgehead atoms. The predicted octanol–water partition coefficient (Wildman–Crippen LogP) is 3.76. The second-order valence-electron chi connectivity index (χ2n) is 6.90. The molecule has 0 radical (unpaired) electrons. The van der Waals surface area contributed by atoms with Crippen molar-refractivity contribution in [2.75, 3.05) is 11.9 Å². The van der Waals surface area contributed by atoms with Crippen LogP contribution >= 0.6 is 15.9 Å². The molecule has 1 N–H and O–H groups in total. The zero-order valence-electron chi connectivity index (χ0n) is 13.3. The van der Waals surface area contributed by atoms with Gasteiger partial charge in [0.1, 0.15) is 4.47 Å². The lowest BCUT2D eigenvalue weighted by molar-refractivity contribution is 0.274. The highest BCUT2D eigenvalue weighted by Gasteiger charge is 2.20. The molecule has 0 saturated carbocycles. The van der Waals surface area contributed by atoms with Crippen molar-refractivity contribution < 1.29 is 0 Å². The van der Waals surface area contributed by atoms with Crippen LogP contribution in [-0.2, 0) is 6.54 Å². The van der Waals surface area contributed by atoms with Gasteiger partial charge in [-0.25, -0.2) is 4.68 Å². The van der Waals surface area contributed by atoms with E-state index < -0.39 is 0 Å². The summed E-state index contributed by atoms with van der Waals surface area (Å²) in [6, 6.07) is 0. The van der Waals surface area contributed by atoms with E-state index in [9.17, 15) is 4.79 Å². The summed E-state index contributed by atoms with van der Waals surface area (Å²) in [7, 11) is 0. The lowest BCUT2D eigenvalue weighted by Gasteiger charge is -2.27. The Hall–Kier alpha value is -0.840. The third kappa shape index (κ3) is 4.62. The van der Waals surface area contributed by atoms with E-state index in [2.05, 4.69) is 67.9 Å². The van der Waals surface area contributed by atoms with Crippen molar-refractivity contribution in [2.24, 2.45) is 17.3 Å². The Morgan fingerprint density at radius 3 is 2.45 bits per heavy atom. The van der Waals surface area contributed by atoms with E-state index in [1.165, 1.54) is 4.68 Å². The number of anilines is 1. The molecule has 0 aliphatic heterocycles. The van der Waals surface area contributed by atoms with Crippen molar-refractivity contribution in [1.29, 1.82) is 0 Å². The lowest BCUT2D eigenvalue weighted by Crippen LogP contribution is -2.28. The van der Waals surface area contributed by atoms with Crippen LogP contribution in [-0.4, -0.2) is 16.3 Å². The Kier molecular flexibility index (Phi) is 5.80. The van der Waals surface area contributed by atoms with Crippen LogP contribution in [0.4, 0.5) is 5.69 Å². The molecule has 114 valence electrons. The minimum atomic E-state index is -0.0767. The monoisotopic (exact) mass is 343 g/mol. The Balaban J connectivity index is 2.84. The van der Waals surface area contributed by atoms with Gasteiger partial charge in [-0.3, -0.25) is 4.79 Å². The van der Waals surface area contributed by atoms with Crippen molar-refractivity contribution in [2.45, 2.75) is 48.1 Å². The summed E-state index contributed by atoms with van der Waals surface area (Å²) in [5, 5.41) is 7.55. The minimum Gasteiger partial charge on any atom is -0.382 e. The van der Waals surface area contributed by atoms with E-state index in [1.807, 2.05) is 0 Å². The van der Waals surface area contributed by atoms with Crippen LogP contribution in [0.3, 0.4) is 0 Å². The first-order valence-corrected chi connectivity index (χ1v) is 7.91. The highest BCUT2D eigenvalue weighted by Crippen LogP contribution is 2.26. The van der Waals surface area contributed by atoms with Crippen molar-refractivity contribution in [3.63, 3.8) is 0 Å². The summed E-state index contributed by atoms with van der Waals surface area (Å²) in [6.45, 7) is 14.4. The normalized spacial score (nSPS) is 13.6. The average molecular weight is 344 g/mol. The van der Waals surface area contributed by atoms with Crippen LogP contribution < -0.4 is 10.9 Å². The molecule has 0 spiro atoms. The second kappa shape index (κ2) is 6.74. The molecule has 0 amide bonds. The van der Waals surface area contributed by atoms with Crippen LogP contribution in [0, 0.1) is 17.3 Å². The van der Waals surface area contributed by atoms with Gasteiger partial charge in [-0.15, -0.1) is 0 Å². The number of aromatic nitrogens is 2. The van der Waals surface area contributed by atoms with Gasteiger partial charge in [0.05, 0.1) is 11.9 Å². The van der Waals surface area contributed by atoms with Crippen LogP contribution in [0.15, 0.2) is 15.5 Å². The maximum absolute atomic E-state index is 12.2. The van der Waals surface area contributed by atoms with Gasteiger partial charge in [0, 0.05) is 13.1 Å². The molecule has 1 atom stereocenters. The summed E-state index contributed by atoms with van der Waals surface area (Å²) < 4.78 is 2.07. The second-order valence-corrected chi connectivity index (χ2v) is 7.69. The third-order valence-electron chi connectivity index (χ3n) is 3.60.